The average Bonchev–Trinajstić information content (AvgIpc) is 1.82. The zero-order valence-electron chi connectivity index (χ0n) is 5.26. The second-order valence-electron chi connectivity index (χ2n) is 1.42. The van der Waals surface area contributed by atoms with Gasteiger partial charge in [-0.15, -0.1) is 0 Å². The predicted octanol–water partition coefficient (Wildman–Crippen LogP) is -0.306. The molecular formula is C4H6O7. The van der Waals surface area contributed by atoms with Gasteiger partial charge in [-0.1, -0.05) is 0 Å². The Morgan fingerprint density at radius 1 is 1.27 bits per heavy atom. The highest BCUT2D eigenvalue weighted by molar-refractivity contribution is 5.57. The lowest BCUT2D eigenvalue weighted by Crippen LogP contribution is -2.23. The maximum Gasteiger partial charge on any atom is 0.508 e. The van der Waals surface area contributed by atoms with Crippen molar-refractivity contribution in [1.82, 2.24) is 0 Å². The molecule has 64 valence electrons. The summed E-state index contributed by atoms with van der Waals surface area (Å²) in [7, 11) is 0. The first-order valence-electron chi connectivity index (χ1n) is 2.45. The molecule has 7 heteroatoms. The van der Waals surface area contributed by atoms with E-state index in [1.165, 1.54) is 0 Å². The van der Waals surface area contributed by atoms with Crippen molar-refractivity contribution in [1.29, 1.82) is 0 Å². The van der Waals surface area contributed by atoms with Gasteiger partial charge in [0.05, 0.1) is 0 Å². The molecule has 0 radical (unpaired) electrons. The maximum absolute atomic E-state index is 9.67. The third kappa shape index (κ3) is 6.38. The van der Waals surface area contributed by atoms with Gasteiger partial charge >= 0.3 is 12.3 Å². The first-order valence-corrected chi connectivity index (χ1v) is 2.45. The molecule has 0 aromatic carbocycles. The highest BCUT2D eigenvalue weighted by Gasteiger charge is 2.11. The van der Waals surface area contributed by atoms with Crippen LogP contribution in [-0.4, -0.2) is 40.5 Å². The average molecular weight is 166 g/mol. The van der Waals surface area contributed by atoms with Crippen LogP contribution in [0.1, 0.15) is 0 Å². The van der Waals surface area contributed by atoms with Crippen molar-refractivity contribution in [2.45, 2.75) is 6.29 Å². The van der Waals surface area contributed by atoms with E-state index < -0.39 is 25.2 Å². The summed E-state index contributed by atoms with van der Waals surface area (Å²) in [5.74, 6) is 0. The SMILES string of the molecule is O=C(O)OCC(O)OC(=O)O. The maximum atomic E-state index is 9.67. The van der Waals surface area contributed by atoms with Crippen molar-refractivity contribution in [2.75, 3.05) is 6.61 Å². The fourth-order valence-electron chi connectivity index (χ4n) is 0.293. The van der Waals surface area contributed by atoms with E-state index in [0.717, 1.165) is 0 Å². The van der Waals surface area contributed by atoms with Crippen LogP contribution in [0.5, 0.6) is 0 Å². The van der Waals surface area contributed by atoms with Crippen LogP contribution in [-0.2, 0) is 9.47 Å². The number of carbonyl (C=O) groups is 2. The summed E-state index contributed by atoms with van der Waals surface area (Å²) >= 11 is 0. The van der Waals surface area contributed by atoms with Gasteiger partial charge < -0.3 is 24.8 Å². The molecule has 1 atom stereocenters. The zero-order chi connectivity index (χ0) is 8.85. The Kier molecular flexibility index (Phi) is 3.75. The van der Waals surface area contributed by atoms with Crippen molar-refractivity contribution < 1.29 is 34.4 Å². The molecule has 0 aromatic rings. The largest absolute Gasteiger partial charge is 0.508 e. The van der Waals surface area contributed by atoms with Crippen molar-refractivity contribution in [3.63, 3.8) is 0 Å². The number of aliphatic hydroxyl groups is 1. The van der Waals surface area contributed by atoms with Crippen LogP contribution in [0.25, 0.3) is 0 Å². The third-order valence-electron chi connectivity index (χ3n) is 0.586. The smallest absolute Gasteiger partial charge is 0.450 e. The summed E-state index contributed by atoms with van der Waals surface area (Å²) in [6.45, 7) is -0.734. The second kappa shape index (κ2) is 4.34. The number of hydrogen-bond acceptors (Lipinski definition) is 5. The highest BCUT2D eigenvalue weighted by Crippen LogP contribution is 1.89. The van der Waals surface area contributed by atoms with E-state index in [9.17, 15) is 9.59 Å². The molecule has 0 rings (SSSR count). The second-order valence-corrected chi connectivity index (χ2v) is 1.42. The molecule has 0 aliphatic rings. The monoisotopic (exact) mass is 166 g/mol. The van der Waals surface area contributed by atoms with Crippen molar-refractivity contribution in [3.8, 4) is 0 Å². The minimum atomic E-state index is -1.77. The van der Waals surface area contributed by atoms with Crippen molar-refractivity contribution in [2.24, 2.45) is 0 Å². The molecule has 0 aliphatic heterocycles. The summed E-state index contributed by atoms with van der Waals surface area (Å²) in [6.07, 6.45) is -5.09. The molecular weight excluding hydrogens is 160 g/mol. The lowest BCUT2D eigenvalue weighted by molar-refractivity contribution is -0.103. The van der Waals surface area contributed by atoms with Gasteiger partial charge in [0, 0.05) is 0 Å². The molecule has 0 saturated heterocycles. The predicted molar refractivity (Wildman–Crippen MR) is 29.1 cm³/mol. The fraction of sp³-hybridized carbons (Fsp3) is 0.500. The lowest BCUT2D eigenvalue weighted by Gasteiger charge is -2.07. The number of hydrogen-bond donors (Lipinski definition) is 3. The molecule has 0 heterocycles. The summed E-state index contributed by atoms with van der Waals surface area (Å²) in [5.41, 5.74) is 0. The van der Waals surface area contributed by atoms with Crippen LogP contribution < -0.4 is 0 Å². The molecule has 0 saturated carbocycles. The number of ether oxygens (including phenoxy) is 2. The Labute approximate surface area is 60.8 Å². The Morgan fingerprint density at radius 3 is 2.18 bits per heavy atom. The third-order valence-corrected chi connectivity index (χ3v) is 0.586. The molecule has 11 heavy (non-hydrogen) atoms. The van der Waals surface area contributed by atoms with E-state index in [1.807, 2.05) is 0 Å². The van der Waals surface area contributed by atoms with E-state index in [4.69, 9.17) is 15.3 Å². The van der Waals surface area contributed by atoms with E-state index >= 15 is 0 Å². The number of rotatable bonds is 3. The van der Waals surface area contributed by atoms with E-state index in [-0.39, 0.29) is 0 Å². The van der Waals surface area contributed by atoms with Crippen LogP contribution in [0.4, 0.5) is 9.59 Å². The highest BCUT2D eigenvalue weighted by atomic mass is 16.7. The minimum Gasteiger partial charge on any atom is -0.450 e. The van der Waals surface area contributed by atoms with Gasteiger partial charge in [-0.05, 0) is 0 Å². The van der Waals surface area contributed by atoms with Crippen LogP contribution in [0.15, 0.2) is 0 Å². The normalized spacial score (nSPS) is 11.7. The minimum absolute atomic E-state index is 0.734. The van der Waals surface area contributed by atoms with Crippen LogP contribution in [0.2, 0.25) is 0 Å². The Morgan fingerprint density at radius 2 is 1.82 bits per heavy atom. The summed E-state index contributed by atoms with van der Waals surface area (Å²) in [4.78, 5) is 19.3. The standard InChI is InChI=1S/C4H6O7/c5-2(11-4(8)9)1-10-3(6)7/h2,5H,1H2,(H,6,7)(H,8,9). The molecule has 0 aliphatic carbocycles. The molecule has 0 spiro atoms. The van der Waals surface area contributed by atoms with Crippen molar-refractivity contribution in [3.05, 3.63) is 0 Å². The van der Waals surface area contributed by atoms with Gasteiger partial charge in [0.2, 0.25) is 6.29 Å². The molecule has 0 bridgehead atoms. The van der Waals surface area contributed by atoms with Crippen LogP contribution >= 0.6 is 0 Å². The van der Waals surface area contributed by atoms with Gasteiger partial charge in [-0.3, -0.25) is 0 Å². The molecule has 0 aromatic heterocycles. The van der Waals surface area contributed by atoms with Crippen LogP contribution in [0.3, 0.4) is 0 Å². The summed E-state index contributed by atoms with van der Waals surface area (Å²) < 4.78 is 7.47. The first-order chi connectivity index (χ1) is 5.02. The molecule has 3 N–H and O–H groups in total. The summed E-state index contributed by atoms with van der Waals surface area (Å²) in [5, 5.41) is 24.2. The Hall–Kier alpha value is -1.50. The quantitative estimate of drug-likeness (QED) is 0.389. The first kappa shape index (κ1) is 9.50. The molecule has 0 amide bonds. The van der Waals surface area contributed by atoms with E-state index in [0.29, 0.717) is 0 Å². The Bertz CT molecular complexity index is 153. The van der Waals surface area contributed by atoms with Gasteiger partial charge in [0.1, 0.15) is 0 Å². The van der Waals surface area contributed by atoms with Crippen molar-refractivity contribution >= 4 is 12.3 Å². The molecule has 1 unspecified atom stereocenters. The van der Waals surface area contributed by atoms with Gasteiger partial charge in [-0.25, -0.2) is 9.59 Å². The fourth-order valence-corrected chi connectivity index (χ4v) is 0.293. The Balaban J connectivity index is 3.44. The lowest BCUT2D eigenvalue weighted by atomic mass is 10.7. The van der Waals surface area contributed by atoms with Gasteiger partial charge in [-0.2, -0.15) is 0 Å². The topological polar surface area (TPSA) is 113 Å². The zero-order valence-corrected chi connectivity index (χ0v) is 5.26. The summed E-state index contributed by atoms with van der Waals surface area (Å²) in [6, 6.07) is 0. The van der Waals surface area contributed by atoms with E-state index in [1.54, 1.807) is 0 Å². The van der Waals surface area contributed by atoms with E-state index in [2.05, 4.69) is 9.47 Å². The van der Waals surface area contributed by atoms with Crippen LogP contribution in [0, 0.1) is 0 Å². The number of aliphatic hydroxyl groups excluding tert-OH is 1. The molecule has 0 fully saturated rings. The van der Waals surface area contributed by atoms with Gasteiger partial charge in [0.15, 0.2) is 6.61 Å². The van der Waals surface area contributed by atoms with Gasteiger partial charge in [0.25, 0.3) is 0 Å². The molecule has 7 nitrogen and oxygen atoms in total. The number of carboxylic acid groups (broad SMARTS) is 2.